The molecular formula is C20H23N5O. The van der Waals surface area contributed by atoms with Crippen LogP contribution in [-0.2, 0) is 13.0 Å². The van der Waals surface area contributed by atoms with Gasteiger partial charge >= 0.3 is 0 Å². The predicted molar refractivity (Wildman–Crippen MR) is 104 cm³/mol. The van der Waals surface area contributed by atoms with Crippen molar-refractivity contribution in [2.75, 3.05) is 24.3 Å². The molecule has 0 spiro atoms. The monoisotopic (exact) mass is 349 g/mol. The fourth-order valence-electron chi connectivity index (χ4n) is 2.65. The van der Waals surface area contributed by atoms with Crippen LogP contribution in [0.3, 0.4) is 0 Å². The van der Waals surface area contributed by atoms with Crippen molar-refractivity contribution in [3.63, 3.8) is 0 Å². The van der Waals surface area contributed by atoms with Gasteiger partial charge in [-0.05, 0) is 42.7 Å². The molecule has 3 aromatic rings. The van der Waals surface area contributed by atoms with E-state index in [1.54, 1.807) is 19.5 Å². The largest absolute Gasteiger partial charge is 0.496 e. The Hall–Kier alpha value is -3.15. The SMILES string of the molecule is COc1ccccc1CCNc1nc(C)cc(NCc2ccncc2)n1. The van der Waals surface area contributed by atoms with Crippen molar-refractivity contribution in [3.8, 4) is 5.75 Å². The molecule has 6 heteroatoms. The van der Waals surface area contributed by atoms with Crippen molar-refractivity contribution >= 4 is 11.8 Å². The van der Waals surface area contributed by atoms with Crippen molar-refractivity contribution in [2.45, 2.75) is 19.9 Å². The van der Waals surface area contributed by atoms with E-state index in [0.717, 1.165) is 41.4 Å². The second-order valence-electron chi connectivity index (χ2n) is 5.92. The molecule has 134 valence electrons. The highest BCUT2D eigenvalue weighted by Crippen LogP contribution is 2.18. The molecule has 0 saturated carbocycles. The Morgan fingerprint density at radius 2 is 1.81 bits per heavy atom. The third kappa shape index (κ3) is 4.92. The van der Waals surface area contributed by atoms with Crippen molar-refractivity contribution in [3.05, 3.63) is 71.7 Å². The number of anilines is 2. The van der Waals surface area contributed by atoms with Crippen molar-refractivity contribution in [1.29, 1.82) is 0 Å². The zero-order chi connectivity index (χ0) is 18.2. The second-order valence-corrected chi connectivity index (χ2v) is 5.92. The molecule has 0 aliphatic carbocycles. The summed E-state index contributed by atoms with van der Waals surface area (Å²) in [5, 5.41) is 6.63. The summed E-state index contributed by atoms with van der Waals surface area (Å²) in [6, 6.07) is 13.9. The Balaban J connectivity index is 1.59. The molecule has 6 nitrogen and oxygen atoms in total. The van der Waals surface area contributed by atoms with Gasteiger partial charge in [0.2, 0.25) is 5.95 Å². The van der Waals surface area contributed by atoms with Gasteiger partial charge in [0.1, 0.15) is 11.6 Å². The van der Waals surface area contributed by atoms with Gasteiger partial charge in [-0.2, -0.15) is 4.98 Å². The van der Waals surface area contributed by atoms with Crippen LogP contribution in [-0.4, -0.2) is 28.6 Å². The highest BCUT2D eigenvalue weighted by atomic mass is 16.5. The molecular weight excluding hydrogens is 326 g/mol. The molecule has 0 aliphatic heterocycles. The Bertz CT molecular complexity index is 839. The number of nitrogens with zero attached hydrogens (tertiary/aromatic N) is 3. The summed E-state index contributed by atoms with van der Waals surface area (Å²) < 4.78 is 5.39. The Kier molecular flexibility index (Phi) is 5.98. The quantitative estimate of drug-likeness (QED) is 0.649. The number of hydrogen-bond acceptors (Lipinski definition) is 6. The van der Waals surface area contributed by atoms with E-state index >= 15 is 0 Å². The molecule has 2 N–H and O–H groups in total. The molecule has 0 bridgehead atoms. The summed E-state index contributed by atoms with van der Waals surface area (Å²) in [6.45, 7) is 3.39. The topological polar surface area (TPSA) is 72.0 Å². The first kappa shape index (κ1) is 17.7. The smallest absolute Gasteiger partial charge is 0.224 e. The minimum atomic E-state index is 0.622. The third-order valence-electron chi connectivity index (χ3n) is 3.95. The number of pyridine rings is 1. The first-order chi connectivity index (χ1) is 12.7. The Morgan fingerprint density at radius 3 is 2.62 bits per heavy atom. The summed E-state index contributed by atoms with van der Waals surface area (Å²) in [4.78, 5) is 13.0. The number of hydrogen-bond donors (Lipinski definition) is 2. The van der Waals surface area contributed by atoms with Crippen LogP contribution in [0.15, 0.2) is 54.9 Å². The molecule has 3 rings (SSSR count). The summed E-state index contributed by atoms with van der Waals surface area (Å²) in [5.74, 6) is 2.32. The minimum Gasteiger partial charge on any atom is -0.496 e. The van der Waals surface area contributed by atoms with E-state index < -0.39 is 0 Å². The fraction of sp³-hybridized carbons (Fsp3) is 0.250. The molecule has 0 atom stereocenters. The van der Waals surface area contributed by atoms with Crippen LogP contribution in [0.4, 0.5) is 11.8 Å². The molecule has 0 fully saturated rings. The number of ether oxygens (including phenoxy) is 1. The summed E-state index contributed by atoms with van der Waals surface area (Å²) in [5.41, 5.74) is 3.23. The first-order valence-electron chi connectivity index (χ1n) is 8.59. The number of rotatable bonds is 8. The molecule has 26 heavy (non-hydrogen) atoms. The van der Waals surface area contributed by atoms with Crippen LogP contribution in [0.1, 0.15) is 16.8 Å². The van der Waals surface area contributed by atoms with Gasteiger partial charge in [0, 0.05) is 37.2 Å². The lowest BCUT2D eigenvalue weighted by molar-refractivity contribution is 0.410. The molecule has 2 heterocycles. The highest BCUT2D eigenvalue weighted by molar-refractivity contribution is 5.43. The lowest BCUT2D eigenvalue weighted by Crippen LogP contribution is -2.11. The van der Waals surface area contributed by atoms with E-state index in [9.17, 15) is 0 Å². The van der Waals surface area contributed by atoms with Gasteiger partial charge in [-0.3, -0.25) is 4.98 Å². The number of aromatic nitrogens is 3. The maximum Gasteiger partial charge on any atom is 0.224 e. The molecule has 0 aliphatic rings. The maximum atomic E-state index is 5.39. The maximum absolute atomic E-state index is 5.39. The van der Waals surface area contributed by atoms with E-state index in [4.69, 9.17) is 4.74 Å². The molecule has 1 aromatic carbocycles. The van der Waals surface area contributed by atoms with Crippen molar-refractivity contribution in [1.82, 2.24) is 15.0 Å². The number of para-hydroxylation sites is 1. The van der Waals surface area contributed by atoms with Crippen molar-refractivity contribution in [2.24, 2.45) is 0 Å². The van der Waals surface area contributed by atoms with Gasteiger partial charge in [0.25, 0.3) is 0 Å². The van der Waals surface area contributed by atoms with Gasteiger partial charge in [0.15, 0.2) is 0 Å². The number of methoxy groups -OCH3 is 1. The van der Waals surface area contributed by atoms with Gasteiger partial charge in [-0.25, -0.2) is 4.98 Å². The van der Waals surface area contributed by atoms with Gasteiger partial charge in [-0.15, -0.1) is 0 Å². The first-order valence-corrected chi connectivity index (χ1v) is 8.59. The van der Waals surface area contributed by atoms with E-state index in [0.29, 0.717) is 12.5 Å². The lowest BCUT2D eigenvalue weighted by Gasteiger charge is -2.11. The van der Waals surface area contributed by atoms with Crippen LogP contribution < -0.4 is 15.4 Å². The van der Waals surface area contributed by atoms with E-state index in [1.165, 1.54) is 0 Å². The zero-order valence-electron chi connectivity index (χ0n) is 15.1. The molecule has 0 amide bonds. The second kappa shape index (κ2) is 8.80. The van der Waals surface area contributed by atoms with Gasteiger partial charge < -0.3 is 15.4 Å². The fourth-order valence-corrected chi connectivity index (χ4v) is 2.65. The van der Waals surface area contributed by atoms with Crippen LogP contribution in [0.5, 0.6) is 5.75 Å². The van der Waals surface area contributed by atoms with Crippen molar-refractivity contribution < 1.29 is 4.74 Å². The van der Waals surface area contributed by atoms with E-state index in [-0.39, 0.29) is 0 Å². The highest BCUT2D eigenvalue weighted by Gasteiger charge is 2.04. The summed E-state index contributed by atoms with van der Waals surface area (Å²) >= 11 is 0. The zero-order valence-corrected chi connectivity index (χ0v) is 15.1. The average Bonchev–Trinajstić information content (AvgIpc) is 2.67. The minimum absolute atomic E-state index is 0.622. The van der Waals surface area contributed by atoms with Gasteiger partial charge in [-0.1, -0.05) is 18.2 Å². The normalized spacial score (nSPS) is 10.4. The van der Waals surface area contributed by atoms with Crippen LogP contribution in [0, 0.1) is 6.92 Å². The molecule has 2 aromatic heterocycles. The third-order valence-corrected chi connectivity index (χ3v) is 3.95. The molecule has 0 radical (unpaired) electrons. The Morgan fingerprint density at radius 1 is 1.00 bits per heavy atom. The van der Waals surface area contributed by atoms with E-state index in [1.807, 2.05) is 43.3 Å². The molecule has 0 saturated heterocycles. The van der Waals surface area contributed by atoms with E-state index in [2.05, 4.69) is 31.7 Å². The van der Waals surface area contributed by atoms with Crippen LogP contribution in [0.2, 0.25) is 0 Å². The number of aryl methyl sites for hydroxylation is 1. The van der Waals surface area contributed by atoms with Gasteiger partial charge in [0.05, 0.1) is 7.11 Å². The number of nitrogens with one attached hydrogen (secondary N) is 2. The lowest BCUT2D eigenvalue weighted by atomic mass is 10.1. The predicted octanol–water partition coefficient (Wildman–Crippen LogP) is 3.46. The number of benzene rings is 1. The summed E-state index contributed by atoms with van der Waals surface area (Å²) in [6.07, 6.45) is 4.40. The standard InChI is InChI=1S/C20H23N5O/c1-15-13-19(23-14-16-7-10-21-11-8-16)25-20(24-15)22-12-9-17-5-3-4-6-18(17)26-2/h3-8,10-11,13H,9,12,14H2,1-2H3,(H2,22,23,24,25). The van der Waals surface area contributed by atoms with Crippen LogP contribution in [0.25, 0.3) is 0 Å². The van der Waals surface area contributed by atoms with Crippen LogP contribution >= 0.6 is 0 Å². The Labute approximate surface area is 153 Å². The summed E-state index contributed by atoms with van der Waals surface area (Å²) in [7, 11) is 1.69. The molecule has 0 unspecified atom stereocenters. The average molecular weight is 349 g/mol.